The Morgan fingerprint density at radius 3 is 2.18 bits per heavy atom. The summed E-state index contributed by atoms with van der Waals surface area (Å²) in [6.45, 7) is 3.39. The van der Waals surface area contributed by atoms with Gasteiger partial charge < -0.3 is 15.2 Å². The fourth-order valence-corrected chi connectivity index (χ4v) is 4.73. The van der Waals surface area contributed by atoms with E-state index >= 15 is 0 Å². The number of rotatable bonds is 4. The van der Waals surface area contributed by atoms with Crippen LogP contribution in [-0.2, 0) is 12.8 Å². The number of aryl methyl sites for hydroxylation is 1. The monoisotopic (exact) mass is 449 g/mol. The van der Waals surface area contributed by atoms with Gasteiger partial charge in [-0.1, -0.05) is 0 Å². The van der Waals surface area contributed by atoms with Crippen molar-refractivity contribution >= 4 is 11.8 Å². The van der Waals surface area contributed by atoms with Crippen molar-refractivity contribution in [3.05, 3.63) is 65.6 Å². The van der Waals surface area contributed by atoms with Crippen molar-refractivity contribution in [2.24, 2.45) is 0 Å². The maximum absolute atomic E-state index is 13.9. The van der Waals surface area contributed by atoms with Crippen molar-refractivity contribution in [3.8, 4) is 11.4 Å². The van der Waals surface area contributed by atoms with E-state index in [9.17, 15) is 8.78 Å². The molecule has 0 radical (unpaired) electrons. The van der Waals surface area contributed by atoms with E-state index in [0.717, 1.165) is 41.4 Å². The van der Waals surface area contributed by atoms with Crippen molar-refractivity contribution in [3.63, 3.8) is 0 Å². The van der Waals surface area contributed by atoms with Crippen LogP contribution in [0.5, 0.6) is 0 Å². The molecule has 0 spiro atoms. The van der Waals surface area contributed by atoms with Gasteiger partial charge in [-0.05, 0) is 43.0 Å². The first-order valence-corrected chi connectivity index (χ1v) is 10.7. The topological polar surface area (TPSA) is 104 Å². The van der Waals surface area contributed by atoms with Gasteiger partial charge in [0.2, 0.25) is 5.95 Å². The number of anilines is 2. The molecule has 168 valence electrons. The Morgan fingerprint density at radius 1 is 0.909 bits per heavy atom. The van der Waals surface area contributed by atoms with E-state index in [1.807, 2.05) is 17.8 Å². The minimum Gasteiger partial charge on any atom is -0.368 e. The highest BCUT2D eigenvalue weighted by molar-refractivity contribution is 5.60. The second-order valence-corrected chi connectivity index (χ2v) is 8.57. The molecule has 2 N–H and O–H groups in total. The zero-order chi connectivity index (χ0) is 22.7. The van der Waals surface area contributed by atoms with Crippen LogP contribution >= 0.6 is 0 Å². The van der Waals surface area contributed by atoms with Gasteiger partial charge >= 0.3 is 0 Å². The third-order valence-corrected chi connectivity index (χ3v) is 6.41. The van der Waals surface area contributed by atoms with Gasteiger partial charge in [-0.3, -0.25) is 0 Å². The number of hydrogen-bond acceptors (Lipinski definition) is 7. The highest BCUT2D eigenvalue weighted by atomic mass is 19.2. The molecule has 0 bridgehead atoms. The molecule has 0 unspecified atom stereocenters. The van der Waals surface area contributed by atoms with Gasteiger partial charge in [0.1, 0.15) is 23.8 Å². The second kappa shape index (κ2) is 7.32. The summed E-state index contributed by atoms with van der Waals surface area (Å²) in [5.41, 5.74) is 8.03. The zero-order valence-electron chi connectivity index (χ0n) is 17.9. The number of nitrogen functional groups attached to an aromatic ring is 1. The molecule has 1 aromatic carbocycles. The molecule has 2 aliphatic rings. The minimum atomic E-state index is -0.818. The maximum atomic E-state index is 13.9. The molecule has 3 aromatic heterocycles. The number of nitrogens with zero attached hydrogens (tertiary/aromatic N) is 8. The Bertz CT molecular complexity index is 1310. The molecule has 0 saturated carbocycles. The van der Waals surface area contributed by atoms with Crippen LogP contribution in [0.2, 0.25) is 0 Å². The highest BCUT2D eigenvalue weighted by Gasteiger charge is 2.35. The van der Waals surface area contributed by atoms with Crippen LogP contribution in [0.25, 0.3) is 11.4 Å². The summed E-state index contributed by atoms with van der Waals surface area (Å²) in [6.07, 6.45) is 8.03. The molecule has 1 aliphatic carbocycles. The van der Waals surface area contributed by atoms with Crippen LogP contribution in [0.4, 0.5) is 20.5 Å². The Labute approximate surface area is 187 Å². The third-order valence-electron chi connectivity index (χ3n) is 6.41. The molecule has 1 fully saturated rings. The number of halogens is 2. The van der Waals surface area contributed by atoms with Crippen LogP contribution in [0, 0.1) is 18.6 Å². The molecular formula is C22H21F2N9. The van der Waals surface area contributed by atoms with Gasteiger partial charge in [-0.15, -0.1) is 0 Å². The van der Waals surface area contributed by atoms with Crippen LogP contribution in [0.3, 0.4) is 0 Å². The number of nitrogens with two attached hydrogens (primary N) is 1. The Kier molecular flexibility index (Phi) is 4.39. The number of aromatic nitrogens is 7. The van der Waals surface area contributed by atoms with E-state index in [1.54, 1.807) is 18.7 Å². The largest absolute Gasteiger partial charge is 0.368 e. The van der Waals surface area contributed by atoms with Crippen molar-refractivity contribution in [2.45, 2.75) is 31.8 Å². The summed E-state index contributed by atoms with van der Waals surface area (Å²) < 4.78 is 31.7. The first-order valence-electron chi connectivity index (χ1n) is 10.7. The molecule has 6 rings (SSSR count). The lowest BCUT2D eigenvalue weighted by Crippen LogP contribution is -2.49. The number of hydrogen-bond donors (Lipinski definition) is 1. The summed E-state index contributed by atoms with van der Waals surface area (Å²) >= 11 is 0. The SMILES string of the molecule is Cc1ncn(C2CN(c3cnc(-c4cnc(N)nc4)n3C3Cc4cc(F)c(F)cc4C3)C2)n1. The van der Waals surface area contributed by atoms with Gasteiger partial charge in [-0.25, -0.2) is 33.4 Å². The number of benzene rings is 1. The van der Waals surface area contributed by atoms with Gasteiger partial charge in [0.25, 0.3) is 0 Å². The van der Waals surface area contributed by atoms with Crippen LogP contribution in [0.15, 0.2) is 37.1 Å². The molecular weight excluding hydrogens is 428 g/mol. The van der Waals surface area contributed by atoms with Crippen LogP contribution in [0.1, 0.15) is 29.0 Å². The predicted octanol–water partition coefficient (Wildman–Crippen LogP) is 2.50. The first-order chi connectivity index (χ1) is 16.0. The summed E-state index contributed by atoms with van der Waals surface area (Å²) in [5.74, 6) is 0.928. The molecule has 1 saturated heterocycles. The second-order valence-electron chi connectivity index (χ2n) is 8.57. The molecule has 4 aromatic rings. The third kappa shape index (κ3) is 3.31. The number of fused-ring (bicyclic) bond motifs is 1. The van der Waals surface area contributed by atoms with Crippen LogP contribution in [-0.4, -0.2) is 47.4 Å². The van der Waals surface area contributed by atoms with Gasteiger partial charge in [0.05, 0.1) is 17.8 Å². The molecule has 4 heterocycles. The van der Waals surface area contributed by atoms with Gasteiger partial charge in [0, 0.05) is 31.5 Å². The molecule has 9 nitrogen and oxygen atoms in total. The predicted molar refractivity (Wildman–Crippen MR) is 116 cm³/mol. The van der Waals surface area contributed by atoms with Crippen molar-refractivity contribution < 1.29 is 8.78 Å². The standard InChI is InChI=1S/C22H21F2N9/c1-12-29-11-32(30-12)17-9-31(10-17)20-8-26-21(15-6-27-22(25)28-7-15)33(20)16-2-13-4-18(23)19(24)5-14(13)3-16/h4-8,11,16-17H,2-3,9-10H2,1H3,(H2,25,27,28). The Hall–Kier alpha value is -3.89. The minimum absolute atomic E-state index is 0.0427. The first kappa shape index (κ1) is 19.8. The van der Waals surface area contributed by atoms with Gasteiger partial charge in [-0.2, -0.15) is 5.10 Å². The summed E-state index contributed by atoms with van der Waals surface area (Å²) in [7, 11) is 0. The zero-order valence-corrected chi connectivity index (χ0v) is 17.9. The molecule has 1 aliphatic heterocycles. The van der Waals surface area contributed by atoms with E-state index in [-0.39, 0.29) is 18.0 Å². The lowest BCUT2D eigenvalue weighted by molar-refractivity contribution is 0.357. The summed E-state index contributed by atoms with van der Waals surface area (Å²) in [4.78, 5) is 19.3. The van der Waals surface area contributed by atoms with Gasteiger partial charge in [0.15, 0.2) is 11.6 Å². The average molecular weight is 449 g/mol. The molecule has 0 amide bonds. The van der Waals surface area contributed by atoms with Crippen molar-refractivity contribution in [1.82, 2.24) is 34.3 Å². The van der Waals surface area contributed by atoms with E-state index in [1.165, 1.54) is 12.1 Å². The van der Waals surface area contributed by atoms with E-state index in [4.69, 9.17) is 5.73 Å². The lowest BCUT2D eigenvalue weighted by atomic mass is 10.1. The quantitative estimate of drug-likeness (QED) is 0.511. The Morgan fingerprint density at radius 2 is 1.58 bits per heavy atom. The molecule has 0 atom stereocenters. The molecule has 11 heteroatoms. The molecule has 33 heavy (non-hydrogen) atoms. The smallest absolute Gasteiger partial charge is 0.219 e. The highest BCUT2D eigenvalue weighted by Crippen LogP contribution is 2.39. The number of imidazole rings is 1. The Balaban J connectivity index is 1.35. The van der Waals surface area contributed by atoms with E-state index in [0.29, 0.717) is 18.7 Å². The van der Waals surface area contributed by atoms with Crippen LogP contribution < -0.4 is 10.6 Å². The average Bonchev–Trinajstić information content (AvgIpc) is 3.47. The summed E-state index contributed by atoms with van der Waals surface area (Å²) in [5, 5.41) is 4.42. The van der Waals surface area contributed by atoms with Crippen molar-refractivity contribution in [1.29, 1.82) is 0 Å². The summed E-state index contributed by atoms with van der Waals surface area (Å²) in [6, 6.07) is 2.79. The fourth-order valence-electron chi connectivity index (χ4n) is 4.73. The fraction of sp³-hybridized carbons (Fsp3) is 0.318. The van der Waals surface area contributed by atoms with Crippen molar-refractivity contribution in [2.75, 3.05) is 23.7 Å². The lowest BCUT2D eigenvalue weighted by Gasteiger charge is -2.41. The maximum Gasteiger partial charge on any atom is 0.219 e. The van der Waals surface area contributed by atoms with E-state index < -0.39 is 11.6 Å². The normalized spacial score (nSPS) is 16.3. The van der Waals surface area contributed by atoms with E-state index in [2.05, 4.69) is 34.5 Å².